The number of benzene rings is 1. The number of hydrogen-bond donors (Lipinski definition) is 1. The lowest BCUT2D eigenvalue weighted by Gasteiger charge is -2.16. The molecule has 1 N–H and O–H groups in total. The molecule has 1 heterocycles. The number of nitrogens with zero attached hydrogens (tertiary/aromatic N) is 1. The van der Waals surface area contributed by atoms with E-state index in [1.807, 2.05) is 43.3 Å². The highest BCUT2D eigenvalue weighted by atomic mass is 16.4. The van der Waals surface area contributed by atoms with Crippen molar-refractivity contribution in [2.24, 2.45) is 0 Å². The van der Waals surface area contributed by atoms with E-state index >= 15 is 0 Å². The lowest BCUT2D eigenvalue weighted by molar-refractivity contribution is -0.138. The molecule has 0 aliphatic carbocycles. The van der Waals surface area contributed by atoms with Gasteiger partial charge < -0.3 is 10.0 Å². The molecule has 0 radical (unpaired) electrons. The van der Waals surface area contributed by atoms with Gasteiger partial charge in [0.2, 0.25) is 0 Å². The van der Waals surface area contributed by atoms with E-state index in [0.717, 1.165) is 17.8 Å². The third-order valence-electron chi connectivity index (χ3n) is 2.92. The zero-order valence-electron chi connectivity index (χ0n) is 9.26. The highest BCUT2D eigenvalue weighted by Gasteiger charge is 2.32. The number of allylic oxidation sites excluding steroid dienone is 1. The van der Waals surface area contributed by atoms with Gasteiger partial charge in [-0.15, -0.1) is 0 Å². The average Bonchev–Trinajstić information content (AvgIpc) is 2.65. The van der Waals surface area contributed by atoms with Gasteiger partial charge in [0.15, 0.2) is 0 Å². The van der Waals surface area contributed by atoms with E-state index in [0.29, 0.717) is 6.54 Å². The van der Waals surface area contributed by atoms with Crippen LogP contribution < -0.4 is 4.90 Å². The van der Waals surface area contributed by atoms with Gasteiger partial charge in [-0.05, 0) is 18.6 Å². The van der Waals surface area contributed by atoms with Crippen LogP contribution in [0.25, 0.3) is 0 Å². The van der Waals surface area contributed by atoms with Crippen molar-refractivity contribution in [3.05, 3.63) is 42.0 Å². The van der Waals surface area contributed by atoms with Crippen LogP contribution in [0, 0.1) is 0 Å². The van der Waals surface area contributed by atoms with Gasteiger partial charge in [0.25, 0.3) is 0 Å². The maximum atomic E-state index is 11.1. The van der Waals surface area contributed by atoms with Crippen LogP contribution in [0.15, 0.2) is 36.4 Å². The molecule has 1 atom stereocenters. The lowest BCUT2D eigenvalue weighted by Crippen LogP contribution is -2.24. The maximum absolute atomic E-state index is 11.1. The normalized spacial score (nSPS) is 19.1. The first-order valence-corrected chi connectivity index (χ1v) is 5.42. The molecule has 0 saturated heterocycles. The summed E-state index contributed by atoms with van der Waals surface area (Å²) < 4.78 is 0. The number of carbonyl (C=O) groups is 1. The molecule has 1 aliphatic heterocycles. The number of para-hydroxylation sites is 1. The number of carboxylic acid groups (broad SMARTS) is 1. The Morgan fingerprint density at radius 2 is 2.31 bits per heavy atom. The average molecular weight is 217 g/mol. The van der Waals surface area contributed by atoms with Gasteiger partial charge in [-0.25, -0.2) is 0 Å². The maximum Gasteiger partial charge on any atom is 0.312 e. The Balaban J connectivity index is 2.31. The van der Waals surface area contributed by atoms with Gasteiger partial charge in [0, 0.05) is 18.8 Å². The van der Waals surface area contributed by atoms with E-state index in [1.165, 1.54) is 0 Å². The molecule has 1 aliphatic rings. The Hall–Kier alpha value is -1.77. The first-order valence-electron chi connectivity index (χ1n) is 5.42. The SMILES string of the molecule is C/C=C/CN1CC(C(=O)O)c2ccccc21. The summed E-state index contributed by atoms with van der Waals surface area (Å²) in [5, 5.41) is 9.16. The predicted molar refractivity (Wildman–Crippen MR) is 63.8 cm³/mol. The summed E-state index contributed by atoms with van der Waals surface area (Å²) in [7, 11) is 0. The molecule has 0 fully saturated rings. The van der Waals surface area contributed by atoms with Crippen molar-refractivity contribution < 1.29 is 9.90 Å². The van der Waals surface area contributed by atoms with Gasteiger partial charge in [-0.2, -0.15) is 0 Å². The molecule has 84 valence electrons. The second kappa shape index (κ2) is 4.39. The van der Waals surface area contributed by atoms with Crippen molar-refractivity contribution in [3.63, 3.8) is 0 Å². The first-order chi connectivity index (χ1) is 7.74. The third-order valence-corrected chi connectivity index (χ3v) is 2.92. The molecule has 1 aromatic rings. The van der Waals surface area contributed by atoms with Gasteiger partial charge in [-0.3, -0.25) is 4.79 Å². The minimum Gasteiger partial charge on any atom is -0.481 e. The molecule has 3 heteroatoms. The predicted octanol–water partition coefficient (Wildman–Crippen LogP) is 2.25. The zero-order valence-corrected chi connectivity index (χ0v) is 9.26. The molecule has 2 rings (SSSR count). The fraction of sp³-hybridized carbons (Fsp3) is 0.308. The van der Waals surface area contributed by atoms with Gasteiger partial charge in [0.1, 0.15) is 5.92 Å². The summed E-state index contributed by atoms with van der Waals surface area (Å²) >= 11 is 0. The standard InChI is InChI=1S/C13H15NO2/c1-2-3-8-14-9-11(13(15)16)10-6-4-5-7-12(10)14/h2-7,11H,8-9H2,1H3,(H,15,16)/b3-2+. The Morgan fingerprint density at radius 1 is 1.56 bits per heavy atom. The largest absolute Gasteiger partial charge is 0.481 e. The van der Waals surface area contributed by atoms with Crippen LogP contribution in [0.4, 0.5) is 5.69 Å². The molecule has 0 bridgehead atoms. The third kappa shape index (κ3) is 1.81. The molecule has 1 aromatic carbocycles. The van der Waals surface area contributed by atoms with Crippen LogP contribution in [0.1, 0.15) is 18.4 Å². The van der Waals surface area contributed by atoms with E-state index in [1.54, 1.807) is 0 Å². The van der Waals surface area contributed by atoms with Gasteiger partial charge >= 0.3 is 5.97 Å². The van der Waals surface area contributed by atoms with Crippen LogP contribution in [0.2, 0.25) is 0 Å². The number of carboxylic acids is 1. The van der Waals surface area contributed by atoms with Crippen LogP contribution in [-0.4, -0.2) is 24.2 Å². The second-order valence-electron chi connectivity index (χ2n) is 3.92. The van der Waals surface area contributed by atoms with E-state index in [-0.39, 0.29) is 5.92 Å². The van der Waals surface area contributed by atoms with Crippen molar-refractivity contribution in [2.75, 3.05) is 18.0 Å². The minimum atomic E-state index is -0.740. The first kappa shape index (κ1) is 10.7. The number of fused-ring (bicyclic) bond motifs is 1. The summed E-state index contributed by atoms with van der Waals surface area (Å²) in [4.78, 5) is 13.2. The Bertz CT molecular complexity index is 426. The van der Waals surface area contributed by atoms with Crippen LogP contribution in [0.5, 0.6) is 0 Å². The summed E-state index contributed by atoms with van der Waals surface area (Å²) in [6.45, 7) is 3.31. The van der Waals surface area contributed by atoms with E-state index in [4.69, 9.17) is 5.11 Å². The minimum absolute atomic E-state index is 0.388. The van der Waals surface area contributed by atoms with Gasteiger partial charge in [0.05, 0.1) is 0 Å². The van der Waals surface area contributed by atoms with Crippen LogP contribution in [0.3, 0.4) is 0 Å². The van der Waals surface area contributed by atoms with Crippen molar-refractivity contribution in [1.29, 1.82) is 0 Å². The Morgan fingerprint density at radius 3 is 3.00 bits per heavy atom. The molecule has 0 aromatic heterocycles. The second-order valence-corrected chi connectivity index (χ2v) is 3.92. The Kier molecular flexibility index (Phi) is 2.95. The summed E-state index contributed by atoms with van der Waals surface area (Å²) in [5.74, 6) is -1.13. The van der Waals surface area contributed by atoms with Crippen molar-refractivity contribution in [3.8, 4) is 0 Å². The molecular formula is C13H15NO2. The fourth-order valence-corrected chi connectivity index (χ4v) is 2.10. The lowest BCUT2D eigenvalue weighted by atomic mass is 10.0. The van der Waals surface area contributed by atoms with Gasteiger partial charge in [-0.1, -0.05) is 30.4 Å². The smallest absolute Gasteiger partial charge is 0.312 e. The Labute approximate surface area is 95.0 Å². The summed E-state index contributed by atoms with van der Waals surface area (Å²) in [6.07, 6.45) is 4.03. The monoisotopic (exact) mass is 217 g/mol. The molecule has 0 spiro atoms. The topological polar surface area (TPSA) is 40.5 Å². The van der Waals surface area contributed by atoms with Crippen LogP contribution in [-0.2, 0) is 4.79 Å². The van der Waals surface area contributed by atoms with Crippen molar-refractivity contribution in [2.45, 2.75) is 12.8 Å². The van der Waals surface area contributed by atoms with Crippen molar-refractivity contribution in [1.82, 2.24) is 0 Å². The number of anilines is 1. The molecular weight excluding hydrogens is 202 g/mol. The zero-order chi connectivity index (χ0) is 11.5. The van der Waals surface area contributed by atoms with E-state index < -0.39 is 5.97 Å². The van der Waals surface area contributed by atoms with E-state index in [2.05, 4.69) is 4.90 Å². The highest BCUT2D eigenvalue weighted by Crippen LogP contribution is 2.35. The summed E-state index contributed by atoms with van der Waals surface area (Å²) in [6, 6.07) is 7.74. The number of rotatable bonds is 3. The number of aliphatic carboxylic acids is 1. The fourth-order valence-electron chi connectivity index (χ4n) is 2.10. The molecule has 0 saturated carbocycles. The molecule has 3 nitrogen and oxygen atoms in total. The quantitative estimate of drug-likeness (QED) is 0.789. The molecule has 0 amide bonds. The van der Waals surface area contributed by atoms with Crippen LogP contribution >= 0.6 is 0 Å². The molecule has 16 heavy (non-hydrogen) atoms. The number of hydrogen-bond acceptors (Lipinski definition) is 2. The molecule has 1 unspecified atom stereocenters. The van der Waals surface area contributed by atoms with Crippen molar-refractivity contribution >= 4 is 11.7 Å². The van der Waals surface area contributed by atoms with E-state index in [9.17, 15) is 4.79 Å². The highest BCUT2D eigenvalue weighted by molar-refractivity contribution is 5.83. The summed E-state index contributed by atoms with van der Waals surface area (Å²) in [5.41, 5.74) is 1.98.